The van der Waals surface area contributed by atoms with Gasteiger partial charge in [0.1, 0.15) is 6.10 Å². The van der Waals surface area contributed by atoms with Crippen LogP contribution >= 0.6 is 0 Å². The third-order valence-electron chi connectivity index (χ3n) is 7.92. The molecule has 1 saturated heterocycles. The Bertz CT molecular complexity index is 540. The van der Waals surface area contributed by atoms with Gasteiger partial charge in [-0.2, -0.15) is 0 Å². The Morgan fingerprint density at radius 3 is 1.92 bits per heavy atom. The number of carbonyl (C=O) groups is 1. The van der Waals surface area contributed by atoms with Crippen molar-refractivity contribution in [3.63, 3.8) is 0 Å². The van der Waals surface area contributed by atoms with Crippen LogP contribution in [0.15, 0.2) is 12.2 Å². The minimum absolute atomic E-state index is 0.174. The van der Waals surface area contributed by atoms with Crippen LogP contribution in [0.5, 0.6) is 0 Å². The van der Waals surface area contributed by atoms with E-state index in [1.54, 1.807) is 6.92 Å². The van der Waals surface area contributed by atoms with Gasteiger partial charge in [0, 0.05) is 12.7 Å². The molecule has 24 heavy (non-hydrogen) atoms. The number of ether oxygens (including phenoxy) is 1. The molecule has 1 aliphatic rings. The van der Waals surface area contributed by atoms with Gasteiger partial charge in [-0.1, -0.05) is 52.8 Å². The quantitative estimate of drug-likeness (QED) is 0.386. The summed E-state index contributed by atoms with van der Waals surface area (Å²) in [6, 6.07) is 0. The van der Waals surface area contributed by atoms with Crippen LogP contribution in [0.4, 0.5) is 0 Å². The van der Waals surface area contributed by atoms with Gasteiger partial charge in [-0.25, -0.2) is 4.79 Å². The number of esters is 1. The summed E-state index contributed by atoms with van der Waals surface area (Å²) in [5.74, 6) is -0.280. The fourth-order valence-electron chi connectivity index (χ4n) is 4.22. The van der Waals surface area contributed by atoms with E-state index >= 15 is 0 Å². The SMILES string of the molecule is C=C(C)C(=O)OC(CC)C1(C)O[Si](C)(C)[Si](C)(C)[Si](C)(C)[Si]1(C)C. The molecule has 0 radical (unpaired) electrons. The van der Waals surface area contributed by atoms with Crippen molar-refractivity contribution in [2.75, 3.05) is 0 Å². The molecule has 0 amide bonds. The molecule has 0 aromatic heterocycles. The van der Waals surface area contributed by atoms with Gasteiger partial charge in [0.25, 0.3) is 0 Å². The first-order valence-electron chi connectivity index (χ1n) is 9.06. The standard InChI is InChI=1S/C17H38O3Si4/c1-13-15(19-16(18)14(2)3)17(4)20-22(7,8)24(11,12)23(9,10)21(17,5)6/h15H,2,13H2,1,3-12H3. The van der Waals surface area contributed by atoms with Crippen molar-refractivity contribution in [2.45, 2.75) is 90.9 Å². The van der Waals surface area contributed by atoms with Gasteiger partial charge >= 0.3 is 5.97 Å². The zero-order valence-corrected chi connectivity index (χ0v) is 21.7. The molecule has 0 spiro atoms. The lowest BCUT2D eigenvalue weighted by Crippen LogP contribution is -2.92. The highest BCUT2D eigenvalue weighted by Crippen LogP contribution is 2.50. The Kier molecular flexibility index (Phi) is 5.82. The molecule has 1 aliphatic heterocycles. The molecule has 1 fully saturated rings. The molecule has 3 nitrogen and oxygen atoms in total. The predicted octanol–water partition coefficient (Wildman–Crippen LogP) is 4.78. The van der Waals surface area contributed by atoms with Crippen molar-refractivity contribution < 1.29 is 14.0 Å². The Morgan fingerprint density at radius 1 is 1.08 bits per heavy atom. The maximum atomic E-state index is 12.2. The lowest BCUT2D eigenvalue weighted by molar-refractivity contribution is -0.151. The molecule has 1 heterocycles. The van der Waals surface area contributed by atoms with Crippen LogP contribution in [0.3, 0.4) is 0 Å². The lowest BCUT2D eigenvalue weighted by atomic mass is 10.1. The summed E-state index contributed by atoms with van der Waals surface area (Å²) < 4.78 is 13.0. The highest BCUT2D eigenvalue weighted by Gasteiger charge is 2.72. The summed E-state index contributed by atoms with van der Waals surface area (Å²) in [7, 11) is -6.49. The van der Waals surface area contributed by atoms with Gasteiger partial charge in [-0.05, 0) is 33.4 Å². The summed E-state index contributed by atoms with van der Waals surface area (Å²) in [5, 5.41) is -0.305. The van der Waals surface area contributed by atoms with Crippen LogP contribution in [-0.2, 0) is 14.0 Å². The molecule has 0 N–H and O–H groups in total. The van der Waals surface area contributed by atoms with Crippen molar-refractivity contribution in [3.05, 3.63) is 12.2 Å². The molecule has 2 unspecified atom stereocenters. The van der Waals surface area contributed by atoms with E-state index in [0.29, 0.717) is 5.57 Å². The van der Waals surface area contributed by atoms with E-state index in [1.807, 2.05) is 0 Å². The molecular formula is C17H38O3Si4. The zero-order valence-electron chi connectivity index (χ0n) is 17.7. The van der Waals surface area contributed by atoms with E-state index in [0.717, 1.165) is 6.42 Å². The van der Waals surface area contributed by atoms with Crippen molar-refractivity contribution >= 4 is 35.6 Å². The van der Waals surface area contributed by atoms with Crippen molar-refractivity contribution in [3.8, 4) is 0 Å². The van der Waals surface area contributed by atoms with Gasteiger partial charge in [-0.15, -0.1) is 0 Å². The van der Waals surface area contributed by atoms with Crippen LogP contribution in [-0.4, -0.2) is 46.9 Å². The number of carbonyl (C=O) groups excluding carboxylic acids is 1. The third-order valence-corrected chi connectivity index (χ3v) is 75.3. The van der Waals surface area contributed by atoms with Crippen LogP contribution in [0.25, 0.3) is 0 Å². The average Bonchev–Trinajstić information content (AvgIpc) is 2.41. The number of rotatable bonds is 4. The van der Waals surface area contributed by atoms with E-state index in [2.05, 4.69) is 72.8 Å². The van der Waals surface area contributed by atoms with Gasteiger partial charge in [0.05, 0.1) is 19.9 Å². The van der Waals surface area contributed by atoms with Crippen LogP contribution < -0.4 is 0 Å². The molecule has 0 bridgehead atoms. The topological polar surface area (TPSA) is 35.5 Å². The van der Waals surface area contributed by atoms with E-state index in [1.165, 1.54) is 0 Å². The normalized spacial score (nSPS) is 31.1. The third kappa shape index (κ3) is 2.90. The minimum Gasteiger partial charge on any atom is -0.456 e. The first kappa shape index (κ1) is 22.1. The van der Waals surface area contributed by atoms with E-state index < -0.39 is 29.6 Å². The molecule has 1 rings (SSSR count). The summed E-state index contributed by atoms with van der Waals surface area (Å²) in [4.78, 5) is 12.2. The fraction of sp³-hybridized carbons (Fsp3) is 0.824. The largest absolute Gasteiger partial charge is 0.456 e. The Morgan fingerprint density at radius 2 is 1.54 bits per heavy atom. The molecule has 7 heteroatoms. The zero-order chi connectivity index (χ0) is 19.4. The number of hydrogen-bond donors (Lipinski definition) is 0. The molecule has 2 atom stereocenters. The molecule has 140 valence electrons. The summed E-state index contributed by atoms with van der Waals surface area (Å²) in [6.07, 6.45) is 0.620. The van der Waals surface area contributed by atoms with Gasteiger partial charge < -0.3 is 9.16 Å². The van der Waals surface area contributed by atoms with Crippen LogP contribution in [0.2, 0.25) is 52.4 Å². The second-order valence-corrected chi connectivity index (χ2v) is 49.0. The van der Waals surface area contributed by atoms with E-state index in [4.69, 9.17) is 9.16 Å². The van der Waals surface area contributed by atoms with Gasteiger partial charge in [-0.3, -0.25) is 0 Å². The van der Waals surface area contributed by atoms with Crippen molar-refractivity contribution in [1.82, 2.24) is 0 Å². The monoisotopic (exact) mass is 402 g/mol. The maximum Gasteiger partial charge on any atom is 0.333 e. The highest BCUT2D eigenvalue weighted by atomic mass is 29.8. The van der Waals surface area contributed by atoms with Crippen molar-refractivity contribution in [1.29, 1.82) is 0 Å². The molecule has 0 aromatic carbocycles. The first-order chi connectivity index (χ1) is 10.5. The average molecular weight is 403 g/mol. The highest BCUT2D eigenvalue weighted by molar-refractivity contribution is 7.83. The second kappa shape index (κ2) is 6.33. The maximum absolute atomic E-state index is 12.2. The Balaban J connectivity index is 3.48. The summed E-state index contributed by atoms with van der Waals surface area (Å²) >= 11 is 0. The van der Waals surface area contributed by atoms with Crippen LogP contribution in [0.1, 0.15) is 27.2 Å². The van der Waals surface area contributed by atoms with Crippen LogP contribution in [0, 0.1) is 0 Å². The number of hydrogen-bond acceptors (Lipinski definition) is 3. The lowest BCUT2D eigenvalue weighted by Gasteiger charge is -2.67. The van der Waals surface area contributed by atoms with E-state index in [-0.39, 0.29) is 17.3 Å². The summed E-state index contributed by atoms with van der Waals surface area (Å²) in [6.45, 7) is 30.0. The molecule has 0 saturated carbocycles. The van der Waals surface area contributed by atoms with Crippen molar-refractivity contribution in [2.24, 2.45) is 0 Å². The Labute approximate surface area is 152 Å². The molecule has 0 aromatic rings. The Hall–Kier alpha value is 0.0375. The minimum atomic E-state index is -1.81. The van der Waals surface area contributed by atoms with E-state index in [9.17, 15) is 4.79 Å². The summed E-state index contributed by atoms with van der Waals surface area (Å²) in [5.41, 5.74) is 0.468. The molecular weight excluding hydrogens is 365 g/mol. The molecule has 0 aliphatic carbocycles. The first-order valence-corrected chi connectivity index (χ1v) is 24.0. The van der Waals surface area contributed by atoms with Gasteiger partial charge in [0.2, 0.25) is 0 Å². The second-order valence-electron chi connectivity index (χ2n) is 9.68. The fourth-order valence-corrected chi connectivity index (χ4v) is 75.3. The van der Waals surface area contributed by atoms with Gasteiger partial charge in [0.15, 0.2) is 7.83 Å². The smallest absolute Gasteiger partial charge is 0.333 e. The predicted molar refractivity (Wildman–Crippen MR) is 114 cm³/mol.